The molecule has 26 heavy (non-hydrogen) atoms. The van der Waals surface area contributed by atoms with Gasteiger partial charge in [0, 0.05) is 41.3 Å². The van der Waals surface area contributed by atoms with Gasteiger partial charge in [0.25, 0.3) is 5.91 Å². The summed E-state index contributed by atoms with van der Waals surface area (Å²) < 4.78 is 8.18. The molecule has 0 saturated heterocycles. The highest BCUT2D eigenvalue weighted by molar-refractivity contribution is 9.10. The van der Waals surface area contributed by atoms with Gasteiger partial charge < -0.3 is 9.64 Å². The first-order valence-corrected chi connectivity index (χ1v) is 9.11. The quantitative estimate of drug-likeness (QED) is 0.629. The van der Waals surface area contributed by atoms with Crippen molar-refractivity contribution in [2.24, 2.45) is 0 Å². The summed E-state index contributed by atoms with van der Waals surface area (Å²) in [6.07, 6.45) is 3.36. The van der Waals surface area contributed by atoms with Crippen molar-refractivity contribution in [2.75, 3.05) is 14.2 Å². The van der Waals surface area contributed by atoms with Crippen LogP contribution in [0.4, 0.5) is 0 Å². The van der Waals surface area contributed by atoms with E-state index in [0.29, 0.717) is 12.1 Å². The Balaban J connectivity index is 1.85. The third kappa shape index (κ3) is 3.58. The Morgan fingerprint density at radius 1 is 1.31 bits per heavy atom. The SMILES string of the molecule is COc1ccc(Br)cc1CN(C)C(=O)c1cnc2c(cnn2C(C)C)c1. The third-order valence-corrected chi connectivity index (χ3v) is 4.66. The normalized spacial score (nSPS) is 11.2. The third-order valence-electron chi connectivity index (χ3n) is 4.17. The zero-order chi connectivity index (χ0) is 18.8. The number of benzene rings is 1. The highest BCUT2D eigenvalue weighted by atomic mass is 79.9. The molecule has 2 aromatic heterocycles. The highest BCUT2D eigenvalue weighted by Gasteiger charge is 2.17. The first-order chi connectivity index (χ1) is 12.4. The first kappa shape index (κ1) is 18.4. The Morgan fingerprint density at radius 2 is 2.08 bits per heavy atom. The molecule has 0 aliphatic carbocycles. The Bertz CT molecular complexity index is 952. The van der Waals surface area contributed by atoms with E-state index in [0.717, 1.165) is 26.8 Å². The van der Waals surface area contributed by atoms with Crippen molar-refractivity contribution < 1.29 is 9.53 Å². The molecule has 0 atom stereocenters. The van der Waals surface area contributed by atoms with E-state index in [2.05, 4.69) is 26.0 Å². The van der Waals surface area contributed by atoms with Gasteiger partial charge in [-0.25, -0.2) is 9.67 Å². The summed E-state index contributed by atoms with van der Waals surface area (Å²) in [5, 5.41) is 5.21. The maximum atomic E-state index is 12.8. The van der Waals surface area contributed by atoms with Gasteiger partial charge >= 0.3 is 0 Å². The minimum Gasteiger partial charge on any atom is -0.496 e. The molecule has 0 N–H and O–H groups in total. The topological polar surface area (TPSA) is 60.2 Å². The number of hydrogen-bond donors (Lipinski definition) is 0. The summed E-state index contributed by atoms with van der Waals surface area (Å²) in [6.45, 7) is 4.53. The number of halogens is 1. The number of rotatable bonds is 5. The number of amides is 1. The van der Waals surface area contributed by atoms with E-state index in [-0.39, 0.29) is 11.9 Å². The van der Waals surface area contributed by atoms with Gasteiger partial charge in [-0.15, -0.1) is 0 Å². The average Bonchev–Trinajstić information content (AvgIpc) is 3.04. The van der Waals surface area contributed by atoms with Crippen LogP contribution in [0.25, 0.3) is 11.0 Å². The van der Waals surface area contributed by atoms with Crippen LogP contribution in [0.5, 0.6) is 5.75 Å². The van der Waals surface area contributed by atoms with E-state index in [1.165, 1.54) is 0 Å². The number of carbonyl (C=O) groups is 1. The van der Waals surface area contributed by atoms with E-state index in [1.807, 2.05) is 42.8 Å². The van der Waals surface area contributed by atoms with Crippen LogP contribution in [0.1, 0.15) is 35.8 Å². The lowest BCUT2D eigenvalue weighted by Crippen LogP contribution is -2.26. The molecule has 0 spiro atoms. The van der Waals surface area contributed by atoms with Crippen LogP contribution in [0.2, 0.25) is 0 Å². The smallest absolute Gasteiger partial charge is 0.255 e. The van der Waals surface area contributed by atoms with E-state index >= 15 is 0 Å². The molecule has 7 heteroatoms. The number of nitrogens with zero attached hydrogens (tertiary/aromatic N) is 4. The van der Waals surface area contributed by atoms with E-state index < -0.39 is 0 Å². The molecule has 1 amide bonds. The monoisotopic (exact) mass is 416 g/mol. The summed E-state index contributed by atoms with van der Waals surface area (Å²) >= 11 is 3.46. The lowest BCUT2D eigenvalue weighted by atomic mass is 10.1. The van der Waals surface area contributed by atoms with E-state index in [1.54, 1.807) is 31.5 Å². The molecule has 0 unspecified atom stereocenters. The fourth-order valence-corrected chi connectivity index (χ4v) is 3.26. The van der Waals surface area contributed by atoms with E-state index in [9.17, 15) is 4.79 Å². The zero-order valence-electron chi connectivity index (χ0n) is 15.2. The predicted octanol–water partition coefficient (Wildman–Crippen LogP) is 4.06. The second-order valence-corrected chi connectivity index (χ2v) is 7.35. The highest BCUT2D eigenvalue weighted by Crippen LogP contribution is 2.25. The van der Waals surface area contributed by atoms with Gasteiger partial charge in [0.2, 0.25) is 0 Å². The maximum absolute atomic E-state index is 12.8. The lowest BCUT2D eigenvalue weighted by molar-refractivity contribution is 0.0784. The van der Waals surface area contributed by atoms with Crippen molar-refractivity contribution in [1.82, 2.24) is 19.7 Å². The molecule has 1 aromatic carbocycles. The van der Waals surface area contributed by atoms with Gasteiger partial charge in [0.15, 0.2) is 5.65 Å². The fourth-order valence-electron chi connectivity index (χ4n) is 2.85. The molecule has 0 saturated carbocycles. The molecule has 0 bridgehead atoms. The van der Waals surface area contributed by atoms with Crippen LogP contribution in [0.15, 0.2) is 41.1 Å². The van der Waals surface area contributed by atoms with Crippen LogP contribution >= 0.6 is 15.9 Å². The summed E-state index contributed by atoms with van der Waals surface area (Å²) in [4.78, 5) is 18.9. The molecule has 6 nitrogen and oxygen atoms in total. The molecule has 136 valence electrons. The second-order valence-electron chi connectivity index (χ2n) is 6.44. The van der Waals surface area contributed by atoms with Gasteiger partial charge in [0.05, 0.1) is 18.9 Å². The molecule has 3 rings (SSSR count). The largest absolute Gasteiger partial charge is 0.496 e. The number of aromatic nitrogens is 3. The van der Waals surface area contributed by atoms with Crippen molar-refractivity contribution in [3.63, 3.8) is 0 Å². The van der Waals surface area contributed by atoms with Crippen molar-refractivity contribution >= 4 is 32.9 Å². The minimum atomic E-state index is -0.0984. The van der Waals surface area contributed by atoms with Crippen molar-refractivity contribution in [3.8, 4) is 5.75 Å². The maximum Gasteiger partial charge on any atom is 0.255 e. The zero-order valence-corrected chi connectivity index (χ0v) is 16.8. The van der Waals surface area contributed by atoms with Gasteiger partial charge in [-0.2, -0.15) is 5.10 Å². The van der Waals surface area contributed by atoms with Crippen molar-refractivity contribution in [1.29, 1.82) is 0 Å². The molecule has 0 fully saturated rings. The van der Waals surface area contributed by atoms with Crippen LogP contribution in [0, 0.1) is 0 Å². The summed E-state index contributed by atoms with van der Waals surface area (Å²) in [6, 6.07) is 7.80. The Kier molecular flexibility index (Phi) is 5.27. The number of carbonyl (C=O) groups excluding carboxylic acids is 1. The van der Waals surface area contributed by atoms with Crippen LogP contribution in [-0.4, -0.2) is 39.7 Å². The Morgan fingerprint density at radius 3 is 2.77 bits per heavy atom. The number of pyridine rings is 1. The first-order valence-electron chi connectivity index (χ1n) is 8.32. The van der Waals surface area contributed by atoms with Crippen molar-refractivity contribution in [3.05, 3.63) is 52.3 Å². The van der Waals surface area contributed by atoms with Gasteiger partial charge in [-0.1, -0.05) is 15.9 Å². The molecule has 0 aliphatic heterocycles. The van der Waals surface area contributed by atoms with Gasteiger partial charge in [-0.3, -0.25) is 4.79 Å². The molecule has 2 heterocycles. The van der Waals surface area contributed by atoms with Gasteiger partial charge in [0.1, 0.15) is 5.75 Å². The van der Waals surface area contributed by atoms with Crippen LogP contribution in [0.3, 0.4) is 0 Å². The number of hydrogen-bond acceptors (Lipinski definition) is 4. The Hall–Kier alpha value is -2.41. The average molecular weight is 417 g/mol. The number of fused-ring (bicyclic) bond motifs is 1. The molecular formula is C19H21BrN4O2. The van der Waals surface area contributed by atoms with E-state index in [4.69, 9.17) is 4.74 Å². The lowest BCUT2D eigenvalue weighted by Gasteiger charge is -2.19. The van der Waals surface area contributed by atoms with Gasteiger partial charge in [-0.05, 0) is 38.1 Å². The number of methoxy groups -OCH3 is 1. The molecule has 3 aromatic rings. The second kappa shape index (κ2) is 7.45. The standard InChI is InChI=1S/C19H21BrN4O2/c1-12(2)24-18-13(10-22-24)7-14(9-21-18)19(25)23(3)11-15-8-16(20)5-6-17(15)26-4/h5-10,12H,11H2,1-4H3. The summed E-state index contributed by atoms with van der Waals surface area (Å²) in [7, 11) is 3.39. The summed E-state index contributed by atoms with van der Waals surface area (Å²) in [5.74, 6) is 0.651. The molecule has 0 radical (unpaired) electrons. The van der Waals surface area contributed by atoms with Crippen molar-refractivity contribution in [2.45, 2.75) is 26.4 Å². The minimum absolute atomic E-state index is 0.0984. The molecule has 0 aliphatic rings. The van der Waals surface area contributed by atoms with Crippen LogP contribution < -0.4 is 4.74 Å². The predicted molar refractivity (Wildman–Crippen MR) is 104 cm³/mol. The number of ether oxygens (including phenoxy) is 1. The fraction of sp³-hybridized carbons (Fsp3) is 0.316. The Labute approximate surface area is 160 Å². The summed E-state index contributed by atoms with van der Waals surface area (Å²) in [5.41, 5.74) is 2.25. The molecular weight excluding hydrogens is 396 g/mol. The van der Waals surface area contributed by atoms with Crippen LogP contribution in [-0.2, 0) is 6.54 Å².